The van der Waals surface area contributed by atoms with E-state index in [0.29, 0.717) is 25.3 Å². The van der Waals surface area contributed by atoms with Crippen LogP contribution in [-0.4, -0.2) is 29.3 Å². The molecular weight excluding hydrogens is 192 g/mol. The molecule has 0 bridgehead atoms. The van der Waals surface area contributed by atoms with Gasteiger partial charge in [0, 0.05) is 13.0 Å². The first-order chi connectivity index (χ1) is 7.18. The monoisotopic (exact) mass is 210 g/mol. The van der Waals surface area contributed by atoms with Gasteiger partial charge >= 0.3 is 0 Å². The summed E-state index contributed by atoms with van der Waals surface area (Å²) in [5.41, 5.74) is 5.66. The molecule has 2 rings (SSSR count). The maximum atomic E-state index is 11.7. The molecule has 2 amide bonds. The highest BCUT2D eigenvalue weighted by Crippen LogP contribution is 2.26. The van der Waals surface area contributed by atoms with E-state index in [4.69, 9.17) is 5.73 Å². The van der Waals surface area contributed by atoms with Gasteiger partial charge in [0.25, 0.3) is 0 Å². The standard InChI is InChI=1S/C11H18N2O2/c12-9-5-6-10(14)13(11(9)15)7-8-3-1-2-4-8/h8-9H,1-7,12H2. The Kier molecular flexibility index (Phi) is 3.05. The van der Waals surface area contributed by atoms with Crippen molar-refractivity contribution in [1.29, 1.82) is 0 Å². The minimum atomic E-state index is -0.455. The number of nitrogens with zero attached hydrogens (tertiary/aromatic N) is 1. The third-order valence-corrected chi connectivity index (χ3v) is 3.47. The Bertz CT molecular complexity index is 272. The number of hydrogen-bond acceptors (Lipinski definition) is 3. The summed E-state index contributed by atoms with van der Waals surface area (Å²) in [5.74, 6) is 0.315. The quantitative estimate of drug-likeness (QED) is 0.681. The number of piperidine rings is 1. The second kappa shape index (κ2) is 4.31. The van der Waals surface area contributed by atoms with Crippen LogP contribution in [0.25, 0.3) is 0 Å². The summed E-state index contributed by atoms with van der Waals surface area (Å²) in [6.07, 6.45) is 5.69. The molecule has 1 aliphatic heterocycles. The summed E-state index contributed by atoms with van der Waals surface area (Å²) in [6, 6.07) is -0.455. The molecule has 0 spiro atoms. The van der Waals surface area contributed by atoms with Crippen LogP contribution in [0.2, 0.25) is 0 Å². The minimum Gasteiger partial charge on any atom is -0.320 e. The van der Waals surface area contributed by atoms with Gasteiger partial charge in [-0.15, -0.1) is 0 Å². The lowest BCUT2D eigenvalue weighted by Gasteiger charge is -2.30. The molecule has 2 aliphatic rings. The summed E-state index contributed by atoms with van der Waals surface area (Å²) in [5, 5.41) is 0. The van der Waals surface area contributed by atoms with Crippen molar-refractivity contribution in [1.82, 2.24) is 4.90 Å². The lowest BCUT2D eigenvalue weighted by Crippen LogP contribution is -2.52. The topological polar surface area (TPSA) is 63.4 Å². The SMILES string of the molecule is NC1CCC(=O)N(CC2CCCC2)C1=O. The van der Waals surface area contributed by atoms with Crippen LogP contribution in [0.15, 0.2) is 0 Å². The van der Waals surface area contributed by atoms with Crippen LogP contribution in [-0.2, 0) is 9.59 Å². The maximum Gasteiger partial charge on any atom is 0.246 e. The van der Waals surface area contributed by atoms with Crippen LogP contribution >= 0.6 is 0 Å². The van der Waals surface area contributed by atoms with E-state index in [1.54, 1.807) is 0 Å². The molecule has 1 saturated carbocycles. The Morgan fingerprint density at radius 3 is 2.53 bits per heavy atom. The number of nitrogens with two attached hydrogens (primary N) is 1. The first-order valence-corrected chi connectivity index (χ1v) is 5.78. The van der Waals surface area contributed by atoms with Crippen molar-refractivity contribution < 1.29 is 9.59 Å². The van der Waals surface area contributed by atoms with E-state index in [1.807, 2.05) is 0 Å². The van der Waals surface area contributed by atoms with Crippen molar-refractivity contribution in [2.75, 3.05) is 6.54 Å². The third kappa shape index (κ3) is 2.20. The number of imide groups is 1. The van der Waals surface area contributed by atoms with Gasteiger partial charge in [0.1, 0.15) is 0 Å². The van der Waals surface area contributed by atoms with Crippen molar-refractivity contribution in [3.63, 3.8) is 0 Å². The van der Waals surface area contributed by atoms with E-state index in [1.165, 1.54) is 17.7 Å². The van der Waals surface area contributed by atoms with Crippen LogP contribution in [0, 0.1) is 5.92 Å². The average Bonchev–Trinajstić information content (AvgIpc) is 2.71. The summed E-state index contributed by atoms with van der Waals surface area (Å²) in [4.78, 5) is 24.7. The smallest absolute Gasteiger partial charge is 0.246 e. The first kappa shape index (κ1) is 10.6. The number of hydrogen-bond donors (Lipinski definition) is 1. The number of carbonyl (C=O) groups is 2. The van der Waals surface area contributed by atoms with E-state index >= 15 is 0 Å². The second-order valence-electron chi connectivity index (χ2n) is 4.64. The molecule has 4 heteroatoms. The van der Waals surface area contributed by atoms with Gasteiger partial charge in [-0.1, -0.05) is 12.8 Å². The van der Waals surface area contributed by atoms with Crippen LogP contribution in [0.5, 0.6) is 0 Å². The molecule has 1 unspecified atom stereocenters. The molecule has 0 aromatic carbocycles. The van der Waals surface area contributed by atoms with Gasteiger partial charge in [0.05, 0.1) is 6.04 Å². The van der Waals surface area contributed by atoms with Crippen molar-refractivity contribution in [2.24, 2.45) is 11.7 Å². The number of rotatable bonds is 2. The van der Waals surface area contributed by atoms with Crippen molar-refractivity contribution in [3.05, 3.63) is 0 Å². The normalized spacial score (nSPS) is 28.9. The Morgan fingerprint density at radius 1 is 1.20 bits per heavy atom. The van der Waals surface area contributed by atoms with Gasteiger partial charge in [-0.3, -0.25) is 14.5 Å². The van der Waals surface area contributed by atoms with Crippen molar-refractivity contribution >= 4 is 11.8 Å². The lowest BCUT2D eigenvalue weighted by atomic mass is 10.0. The highest BCUT2D eigenvalue weighted by molar-refractivity contribution is 6.00. The summed E-state index contributed by atoms with van der Waals surface area (Å²) in [7, 11) is 0. The fourth-order valence-corrected chi connectivity index (χ4v) is 2.50. The first-order valence-electron chi connectivity index (χ1n) is 5.78. The number of carbonyl (C=O) groups excluding carboxylic acids is 2. The van der Waals surface area contributed by atoms with Crippen LogP contribution in [0.4, 0.5) is 0 Å². The van der Waals surface area contributed by atoms with Crippen molar-refractivity contribution in [2.45, 2.75) is 44.6 Å². The fourth-order valence-electron chi connectivity index (χ4n) is 2.50. The Morgan fingerprint density at radius 2 is 1.87 bits per heavy atom. The summed E-state index contributed by atoms with van der Waals surface area (Å²) in [6.45, 7) is 0.603. The third-order valence-electron chi connectivity index (χ3n) is 3.47. The van der Waals surface area contributed by atoms with Crippen LogP contribution in [0.3, 0.4) is 0 Å². The zero-order chi connectivity index (χ0) is 10.8. The molecule has 1 aliphatic carbocycles. The largest absolute Gasteiger partial charge is 0.320 e. The van der Waals surface area contributed by atoms with Gasteiger partial charge in [-0.05, 0) is 25.2 Å². The molecule has 2 N–H and O–H groups in total. The second-order valence-corrected chi connectivity index (χ2v) is 4.64. The molecule has 1 atom stereocenters. The highest BCUT2D eigenvalue weighted by atomic mass is 16.2. The molecule has 1 heterocycles. The lowest BCUT2D eigenvalue weighted by molar-refractivity contribution is -0.149. The minimum absolute atomic E-state index is 0.0337. The Hall–Kier alpha value is -0.900. The van der Waals surface area contributed by atoms with Gasteiger partial charge in [0.15, 0.2) is 0 Å². The zero-order valence-electron chi connectivity index (χ0n) is 8.95. The molecular formula is C11H18N2O2. The Balaban J connectivity index is 1.98. The molecule has 0 radical (unpaired) electrons. The molecule has 15 heavy (non-hydrogen) atoms. The van der Waals surface area contributed by atoms with Gasteiger partial charge in [-0.25, -0.2) is 0 Å². The molecule has 84 valence electrons. The van der Waals surface area contributed by atoms with E-state index in [0.717, 1.165) is 12.8 Å². The van der Waals surface area contributed by atoms with Gasteiger partial charge in [0.2, 0.25) is 11.8 Å². The van der Waals surface area contributed by atoms with E-state index < -0.39 is 6.04 Å². The summed E-state index contributed by atoms with van der Waals surface area (Å²) >= 11 is 0. The van der Waals surface area contributed by atoms with Gasteiger partial charge in [-0.2, -0.15) is 0 Å². The predicted molar refractivity (Wildman–Crippen MR) is 55.9 cm³/mol. The molecule has 1 saturated heterocycles. The molecule has 0 aromatic rings. The number of amides is 2. The average molecular weight is 210 g/mol. The predicted octanol–water partition coefficient (Wildman–Crippen LogP) is 0.653. The van der Waals surface area contributed by atoms with Gasteiger partial charge < -0.3 is 5.73 Å². The highest BCUT2D eigenvalue weighted by Gasteiger charge is 2.33. The van der Waals surface area contributed by atoms with Crippen molar-refractivity contribution in [3.8, 4) is 0 Å². The van der Waals surface area contributed by atoms with E-state index in [-0.39, 0.29) is 11.8 Å². The summed E-state index contributed by atoms with van der Waals surface area (Å²) < 4.78 is 0. The van der Waals surface area contributed by atoms with Crippen LogP contribution < -0.4 is 5.73 Å². The zero-order valence-corrected chi connectivity index (χ0v) is 8.95. The molecule has 0 aromatic heterocycles. The van der Waals surface area contributed by atoms with E-state index in [9.17, 15) is 9.59 Å². The number of likely N-dealkylation sites (tertiary alicyclic amines) is 1. The maximum absolute atomic E-state index is 11.7. The van der Waals surface area contributed by atoms with E-state index in [2.05, 4.69) is 0 Å². The molecule has 2 fully saturated rings. The molecule has 4 nitrogen and oxygen atoms in total. The Labute approximate surface area is 89.8 Å². The van der Waals surface area contributed by atoms with Crippen LogP contribution in [0.1, 0.15) is 38.5 Å². The fraction of sp³-hybridized carbons (Fsp3) is 0.818.